The highest BCUT2D eigenvalue weighted by molar-refractivity contribution is 9.10. The molecule has 11 heteroatoms. The number of hydrogen-bond acceptors (Lipinski definition) is 6. The van der Waals surface area contributed by atoms with Crippen LogP contribution in [0, 0.1) is 20.8 Å². The molecule has 35 heavy (non-hydrogen) atoms. The number of H-pyrrole nitrogens is 1. The largest absolute Gasteiger partial charge is 0.465 e. The van der Waals surface area contributed by atoms with E-state index in [-0.39, 0.29) is 18.0 Å². The van der Waals surface area contributed by atoms with Gasteiger partial charge in [0.05, 0.1) is 11.0 Å². The highest BCUT2D eigenvalue weighted by atomic mass is 79.9. The molecule has 1 saturated heterocycles. The van der Waals surface area contributed by atoms with Gasteiger partial charge in [-0.15, -0.1) is 0 Å². The topological polar surface area (TPSA) is 124 Å². The maximum Gasteiger partial charge on any atom is 0.407 e. The van der Waals surface area contributed by atoms with E-state index in [1.54, 1.807) is 13.0 Å². The minimum atomic E-state index is -0.984. The average molecular weight is 549 g/mol. The van der Waals surface area contributed by atoms with Gasteiger partial charge in [-0.2, -0.15) is 0 Å². The van der Waals surface area contributed by atoms with Gasteiger partial charge in [-0.05, 0) is 54.4 Å². The molecule has 1 unspecified atom stereocenters. The van der Waals surface area contributed by atoms with Gasteiger partial charge in [-0.25, -0.2) is 4.79 Å². The van der Waals surface area contributed by atoms with Gasteiger partial charge in [-0.3, -0.25) is 14.5 Å². The minimum Gasteiger partial charge on any atom is -0.465 e. The van der Waals surface area contributed by atoms with Gasteiger partial charge in [0.2, 0.25) is 0 Å². The summed E-state index contributed by atoms with van der Waals surface area (Å²) in [7, 11) is 0. The molecule has 1 fully saturated rings. The Labute approximate surface area is 211 Å². The molecule has 0 aliphatic carbocycles. The predicted octanol–water partition coefficient (Wildman–Crippen LogP) is 2.78. The van der Waals surface area contributed by atoms with Crippen molar-refractivity contribution in [3.8, 4) is 11.5 Å². The molecule has 3 heterocycles. The molecular weight excluding hydrogens is 520 g/mol. The normalized spacial score (nSPS) is 19.6. The third kappa shape index (κ3) is 5.15. The molecule has 2 aromatic rings. The number of amides is 2. The van der Waals surface area contributed by atoms with Crippen molar-refractivity contribution in [3.05, 3.63) is 54.9 Å². The van der Waals surface area contributed by atoms with Crippen LogP contribution in [0.4, 0.5) is 4.79 Å². The van der Waals surface area contributed by atoms with E-state index in [0.29, 0.717) is 65.4 Å². The van der Waals surface area contributed by atoms with Crippen LogP contribution in [-0.4, -0.2) is 70.4 Å². The number of fused-ring (bicyclic) bond motifs is 1. The van der Waals surface area contributed by atoms with Crippen LogP contribution in [0.1, 0.15) is 39.7 Å². The lowest BCUT2D eigenvalue weighted by Gasteiger charge is -2.36. The molecule has 2 aliphatic rings. The fourth-order valence-corrected chi connectivity index (χ4v) is 5.03. The summed E-state index contributed by atoms with van der Waals surface area (Å²) in [6, 6.07) is 3.56. The summed E-state index contributed by atoms with van der Waals surface area (Å²) >= 11 is 3.50. The van der Waals surface area contributed by atoms with Crippen LogP contribution in [0.15, 0.2) is 21.4 Å². The summed E-state index contributed by atoms with van der Waals surface area (Å²) in [6.45, 7) is 9.84. The van der Waals surface area contributed by atoms with Crippen LogP contribution in [0.3, 0.4) is 0 Å². The molecule has 10 nitrogen and oxygen atoms in total. The Morgan fingerprint density at radius 1 is 1.14 bits per heavy atom. The zero-order valence-electron chi connectivity index (χ0n) is 20.2. The second-order valence-electron chi connectivity index (χ2n) is 9.20. The summed E-state index contributed by atoms with van der Waals surface area (Å²) in [5, 5.41) is 12.0. The Bertz CT molecular complexity index is 1240. The van der Waals surface area contributed by atoms with Crippen molar-refractivity contribution < 1.29 is 24.2 Å². The number of carbonyl (C=O) groups is 2. The summed E-state index contributed by atoms with van der Waals surface area (Å²) in [4.78, 5) is 42.7. The van der Waals surface area contributed by atoms with Gasteiger partial charge in [0, 0.05) is 62.0 Å². The summed E-state index contributed by atoms with van der Waals surface area (Å²) < 4.78 is 13.0. The molecule has 2 amide bonds. The number of halogens is 1. The Kier molecular flexibility index (Phi) is 6.83. The minimum absolute atomic E-state index is 0.103. The summed E-state index contributed by atoms with van der Waals surface area (Å²) in [6.07, 6.45) is -0.913. The van der Waals surface area contributed by atoms with Gasteiger partial charge in [-0.1, -0.05) is 0 Å². The molecule has 0 bridgehead atoms. The summed E-state index contributed by atoms with van der Waals surface area (Å²) in [5.74, 6) is -0.299. The van der Waals surface area contributed by atoms with E-state index in [0.717, 1.165) is 11.3 Å². The van der Waals surface area contributed by atoms with Gasteiger partial charge in [0.1, 0.15) is 0 Å². The first-order valence-electron chi connectivity index (χ1n) is 11.4. The molecule has 0 spiro atoms. The van der Waals surface area contributed by atoms with Crippen LogP contribution in [0.25, 0.3) is 0 Å². The van der Waals surface area contributed by atoms with Gasteiger partial charge < -0.3 is 29.8 Å². The second-order valence-corrected chi connectivity index (χ2v) is 10.1. The third-order valence-electron chi connectivity index (χ3n) is 6.39. The van der Waals surface area contributed by atoms with Gasteiger partial charge in [0.15, 0.2) is 11.5 Å². The number of ether oxygens (including phenoxy) is 2. The number of piperazine rings is 1. The molecule has 1 aromatic carbocycles. The number of nitrogens with zero attached hydrogens (tertiary/aromatic N) is 2. The maximum absolute atomic E-state index is 13.0. The fraction of sp³-hybridized carbons (Fsp3) is 0.458. The quantitative estimate of drug-likeness (QED) is 0.524. The van der Waals surface area contributed by atoms with E-state index in [1.165, 1.54) is 4.90 Å². The first-order chi connectivity index (χ1) is 16.5. The van der Waals surface area contributed by atoms with Crippen molar-refractivity contribution in [2.24, 2.45) is 0 Å². The van der Waals surface area contributed by atoms with E-state index in [1.807, 2.05) is 26.8 Å². The van der Waals surface area contributed by atoms with Crippen LogP contribution in [0.2, 0.25) is 0 Å². The molecule has 188 valence electrons. The van der Waals surface area contributed by atoms with E-state index in [9.17, 15) is 14.4 Å². The number of hydrogen-bond donors (Lipinski definition) is 3. The van der Waals surface area contributed by atoms with E-state index < -0.39 is 11.9 Å². The Morgan fingerprint density at radius 2 is 1.80 bits per heavy atom. The first-order valence-corrected chi connectivity index (χ1v) is 12.2. The molecule has 2 aliphatic heterocycles. The van der Waals surface area contributed by atoms with Crippen molar-refractivity contribution >= 4 is 27.9 Å². The number of benzene rings is 1. The molecule has 4 rings (SSSR count). The van der Waals surface area contributed by atoms with Crippen molar-refractivity contribution in [2.75, 3.05) is 32.7 Å². The van der Waals surface area contributed by atoms with Crippen molar-refractivity contribution in [1.29, 1.82) is 0 Å². The molecule has 1 atom stereocenters. The lowest BCUT2D eigenvalue weighted by molar-refractivity contribution is -0.0890. The molecule has 0 radical (unpaired) electrons. The standard InChI is InChI=1S/C24H29BrN4O6/c1-13-9-14(2)27-22(31)17(13)11-26-21(30)16-10-18(25)20-19(15(16)3)34-24(4,35-20)12-28-5-7-29(8-6-28)23(32)33/h9-10H,5-8,11-12H2,1-4H3,(H,26,30)(H,27,31)(H,32,33). The lowest BCUT2D eigenvalue weighted by Crippen LogP contribution is -2.54. The van der Waals surface area contributed by atoms with Crippen molar-refractivity contribution in [1.82, 2.24) is 20.1 Å². The van der Waals surface area contributed by atoms with Crippen LogP contribution < -0.4 is 20.3 Å². The lowest BCUT2D eigenvalue weighted by atomic mass is 10.1. The number of aromatic nitrogens is 1. The molecule has 1 aromatic heterocycles. The first kappa shape index (κ1) is 25.1. The van der Waals surface area contributed by atoms with Gasteiger partial charge in [0.25, 0.3) is 17.3 Å². The van der Waals surface area contributed by atoms with E-state index in [2.05, 4.69) is 31.1 Å². The molecule has 0 saturated carbocycles. The number of aryl methyl sites for hydroxylation is 2. The zero-order valence-corrected chi connectivity index (χ0v) is 21.7. The number of carboxylic acid groups (broad SMARTS) is 1. The van der Waals surface area contributed by atoms with Crippen LogP contribution >= 0.6 is 15.9 Å². The second kappa shape index (κ2) is 9.54. The number of nitrogens with one attached hydrogen (secondary N) is 2. The summed E-state index contributed by atoms with van der Waals surface area (Å²) in [5.41, 5.74) is 2.93. The third-order valence-corrected chi connectivity index (χ3v) is 6.98. The molecule has 3 N–H and O–H groups in total. The Balaban J connectivity index is 1.47. The number of rotatable bonds is 5. The highest BCUT2D eigenvalue weighted by Gasteiger charge is 2.42. The predicted molar refractivity (Wildman–Crippen MR) is 132 cm³/mol. The van der Waals surface area contributed by atoms with Gasteiger partial charge >= 0.3 is 6.09 Å². The van der Waals surface area contributed by atoms with E-state index in [4.69, 9.17) is 14.6 Å². The van der Waals surface area contributed by atoms with Crippen LogP contribution in [-0.2, 0) is 6.54 Å². The monoisotopic (exact) mass is 548 g/mol. The van der Waals surface area contributed by atoms with Crippen molar-refractivity contribution in [3.63, 3.8) is 0 Å². The fourth-order valence-electron chi connectivity index (χ4n) is 4.54. The smallest absolute Gasteiger partial charge is 0.407 e. The number of carbonyl (C=O) groups excluding carboxylic acids is 1. The SMILES string of the molecule is Cc1cc(C)c(CNC(=O)c2cc(Br)c3c(c2C)OC(C)(CN2CCN(C(=O)O)CC2)O3)c(=O)[nH]1. The zero-order chi connectivity index (χ0) is 25.5. The average Bonchev–Trinajstić information content (AvgIpc) is 3.13. The highest BCUT2D eigenvalue weighted by Crippen LogP contribution is 2.48. The van der Waals surface area contributed by atoms with E-state index >= 15 is 0 Å². The van der Waals surface area contributed by atoms with Crippen molar-refractivity contribution in [2.45, 2.75) is 40.0 Å². The Morgan fingerprint density at radius 3 is 2.43 bits per heavy atom. The maximum atomic E-state index is 13.0. The number of pyridine rings is 1. The molecular formula is C24H29BrN4O6. The van der Waals surface area contributed by atoms with Crippen LogP contribution in [0.5, 0.6) is 11.5 Å². The number of aromatic amines is 1. The Hall–Kier alpha value is -3.05.